The first-order chi connectivity index (χ1) is 38.3. The van der Waals surface area contributed by atoms with E-state index in [0.717, 1.165) is 50.0 Å². The van der Waals surface area contributed by atoms with Crippen molar-refractivity contribution in [2.75, 3.05) is 16.5 Å². The second-order valence-corrected chi connectivity index (χ2v) is 21.1. The van der Waals surface area contributed by atoms with Gasteiger partial charge in [0.05, 0.1) is 39.1 Å². The van der Waals surface area contributed by atoms with Gasteiger partial charge in [0, 0.05) is 91.1 Å². The summed E-state index contributed by atoms with van der Waals surface area (Å²) in [6.07, 6.45) is 1.70. The van der Waals surface area contributed by atoms with Crippen LogP contribution in [0.2, 0.25) is 0 Å². The second-order valence-electron chi connectivity index (χ2n) is 21.1. The minimum absolute atomic E-state index is 0.242. The van der Waals surface area contributed by atoms with Crippen LogP contribution in [0.4, 0.5) is 22.7 Å². The summed E-state index contributed by atoms with van der Waals surface area (Å²) in [6, 6.07) is 68.0. The molecular weight excluding hydrogens is 929 g/mol. The molecule has 0 fully saturated rings. The number of fused-ring (bicyclic) bond motifs is 10. The Hall–Kier alpha value is -9.07. The van der Waals surface area contributed by atoms with Crippen molar-refractivity contribution in [3.05, 3.63) is 217 Å². The van der Waals surface area contributed by atoms with Gasteiger partial charge in [0.15, 0.2) is 0 Å². The van der Waals surface area contributed by atoms with Gasteiger partial charge in [0.2, 0.25) is 0 Å². The van der Waals surface area contributed by atoms with E-state index in [2.05, 4.69) is 205 Å². The number of ether oxygens (including phenoxy) is 1. The van der Waals surface area contributed by atoms with Gasteiger partial charge in [-0.1, -0.05) is 143 Å². The van der Waals surface area contributed by atoms with Crippen LogP contribution in [0, 0.1) is 6.85 Å². The van der Waals surface area contributed by atoms with Gasteiger partial charge in [-0.25, -0.2) is 4.98 Å². The Labute approximate surface area is 447 Å². The summed E-state index contributed by atoms with van der Waals surface area (Å²) in [4.78, 5) is 9.98. The number of para-hydroxylation sites is 5. The molecule has 0 unspecified atom stereocenters. The van der Waals surface area contributed by atoms with Crippen LogP contribution in [-0.4, -0.2) is 25.4 Å². The van der Waals surface area contributed by atoms with E-state index in [1.165, 1.54) is 66.0 Å². The fraction of sp³-hybridized carbons (Fsp3) is 0.145. The number of aromatic nitrogens is 4. The van der Waals surface area contributed by atoms with Gasteiger partial charge >= 0.3 is 0 Å². The molecule has 0 aliphatic carbocycles. The number of nitrogens with zero attached hydrogens (tertiary/aromatic N) is 6. The lowest BCUT2D eigenvalue weighted by Crippen LogP contribution is -2.25. The van der Waals surface area contributed by atoms with Crippen LogP contribution in [0.15, 0.2) is 200 Å². The van der Waals surface area contributed by atoms with Crippen molar-refractivity contribution >= 4 is 88.2 Å². The number of hydrogen-bond acceptors (Lipinski definition) is 4. The zero-order valence-corrected chi connectivity index (χ0v) is 43.5. The van der Waals surface area contributed by atoms with Crippen LogP contribution in [0.1, 0.15) is 60.3 Å². The molecule has 4 aromatic heterocycles. The molecule has 0 N–H and O–H groups in total. The summed E-state index contributed by atoms with van der Waals surface area (Å²) >= 11 is 0. The molecule has 9 aromatic carbocycles. The molecule has 14 rings (SSSR count). The van der Waals surface area contributed by atoms with Crippen molar-refractivity contribution in [1.29, 1.82) is 0 Å². The number of hydrogen-bond donors (Lipinski definition) is 0. The third-order valence-electron chi connectivity index (χ3n) is 16.0. The summed E-state index contributed by atoms with van der Waals surface area (Å²) in [6.45, 7) is 7.27. The monoisotopic (exact) mass is 989 g/mol. The third kappa shape index (κ3) is 6.98. The number of pyridine rings is 1. The summed E-state index contributed by atoms with van der Waals surface area (Å²) in [5.41, 5.74) is 17.4. The van der Waals surface area contributed by atoms with Gasteiger partial charge in [0.1, 0.15) is 24.0 Å². The lowest BCUT2D eigenvalue weighted by Gasteiger charge is -2.26. The quantitative estimate of drug-likeness (QED) is 0.145. The topological polar surface area (TPSA) is 43.4 Å². The van der Waals surface area contributed by atoms with Crippen molar-refractivity contribution < 1.29 is 8.85 Å². The van der Waals surface area contributed by atoms with Crippen molar-refractivity contribution in [2.45, 2.75) is 46.4 Å². The summed E-state index contributed by atoms with van der Waals surface area (Å²) in [5, 5.41) is 6.95. The Bertz CT molecular complexity index is 4480. The highest BCUT2D eigenvalue weighted by Crippen LogP contribution is 2.52. The lowest BCUT2D eigenvalue weighted by molar-refractivity contribution is 0.483. The van der Waals surface area contributed by atoms with E-state index in [1.54, 1.807) is 12.3 Å². The molecule has 0 saturated carbocycles. The second kappa shape index (κ2) is 17.5. The van der Waals surface area contributed by atoms with E-state index in [1.807, 2.05) is 48.5 Å². The van der Waals surface area contributed by atoms with E-state index in [-0.39, 0.29) is 17.4 Å². The minimum Gasteiger partial charge on any atom is -0.457 e. The molecule has 0 spiro atoms. The Kier molecular flexibility index (Phi) is 9.76. The zero-order valence-electron chi connectivity index (χ0n) is 46.5. The molecule has 0 radical (unpaired) electrons. The molecule has 0 saturated heterocycles. The van der Waals surface area contributed by atoms with Crippen molar-refractivity contribution in [3.8, 4) is 39.6 Å². The maximum absolute atomic E-state index is 8.69. The van der Waals surface area contributed by atoms with E-state index in [4.69, 9.17) is 13.8 Å². The molecule has 0 amide bonds. The Morgan fingerprint density at radius 3 is 1.71 bits per heavy atom. The molecule has 7 nitrogen and oxygen atoms in total. The number of anilines is 4. The van der Waals surface area contributed by atoms with Crippen LogP contribution in [0.5, 0.6) is 11.5 Å². The molecule has 76 heavy (non-hydrogen) atoms. The normalized spacial score (nSPS) is 13.6. The highest BCUT2D eigenvalue weighted by molar-refractivity contribution is 6.25. The fourth-order valence-corrected chi connectivity index (χ4v) is 12.5. The minimum atomic E-state index is -2.39. The summed E-state index contributed by atoms with van der Waals surface area (Å²) < 4.78 is 40.1. The first kappa shape index (κ1) is 42.3. The van der Waals surface area contributed by atoms with E-state index in [0.29, 0.717) is 29.5 Å². The first-order valence-electron chi connectivity index (χ1n) is 27.9. The highest BCUT2D eigenvalue weighted by atomic mass is 16.5. The van der Waals surface area contributed by atoms with Gasteiger partial charge in [-0.3, -0.25) is 4.57 Å². The van der Waals surface area contributed by atoms with E-state index >= 15 is 0 Å². The molecule has 370 valence electrons. The standard InChI is InChI=1S/C69H58N6O/c1-42(2)50-25-19-26-51(43(3)4)66(50)46-35-47(37-49(36-46)76-48-32-33-55-52-22-13-16-29-61(52)75(64(55)38-48)65-34-44(5)58(40-70-65)45-20-9-8-10-21-45)73-41-74(63-31-18-17-30-62(63)73)69-67-56(53-23-11-14-27-59(53)71(67)6)39-57-54-24-12-15-28-60(54)72(7)68(57)69/h8-40,42-43H,41H2,1-7H3/i5D3. The van der Waals surface area contributed by atoms with Crippen molar-refractivity contribution in [2.24, 2.45) is 14.1 Å². The van der Waals surface area contributed by atoms with Crippen LogP contribution >= 0.6 is 0 Å². The fourth-order valence-electron chi connectivity index (χ4n) is 12.5. The maximum Gasteiger partial charge on any atom is 0.137 e. The molecule has 0 bridgehead atoms. The first-order valence-corrected chi connectivity index (χ1v) is 26.4. The van der Waals surface area contributed by atoms with Crippen molar-refractivity contribution in [1.82, 2.24) is 18.7 Å². The third-order valence-corrected chi connectivity index (χ3v) is 16.0. The number of benzene rings is 9. The SMILES string of the molecule is [2H]C([2H])([2H])c1cc(-n2c3ccccc3c3ccc(Oc4cc(-c5c(C(C)C)cccc5C(C)C)cc(N5CN(c6c7c(cc8c9ccccc9n(C)c68)c6ccccc6n7C)c6ccccc65)c4)cc32)ncc1-c1ccccc1. The van der Waals surface area contributed by atoms with Crippen molar-refractivity contribution in [3.63, 3.8) is 0 Å². The Morgan fingerprint density at radius 1 is 0.487 bits per heavy atom. The Balaban J connectivity index is 0.958. The number of aryl methyl sites for hydroxylation is 3. The maximum atomic E-state index is 8.69. The van der Waals surface area contributed by atoms with Crippen LogP contribution in [-0.2, 0) is 14.1 Å². The van der Waals surface area contributed by atoms with Gasteiger partial charge in [-0.05, 0) is 119 Å². The number of rotatable bonds is 9. The Morgan fingerprint density at radius 2 is 1.07 bits per heavy atom. The molecule has 5 heterocycles. The van der Waals surface area contributed by atoms with E-state index < -0.39 is 6.85 Å². The molecule has 0 atom stereocenters. The zero-order chi connectivity index (χ0) is 54.0. The van der Waals surface area contributed by atoms with Crippen LogP contribution in [0.25, 0.3) is 93.5 Å². The smallest absolute Gasteiger partial charge is 0.137 e. The average Bonchev–Trinajstić information content (AvgIpc) is 4.15. The lowest BCUT2D eigenvalue weighted by atomic mass is 9.85. The van der Waals surface area contributed by atoms with Gasteiger partial charge in [-0.15, -0.1) is 0 Å². The molecule has 13 aromatic rings. The van der Waals surface area contributed by atoms with Gasteiger partial charge < -0.3 is 23.7 Å². The average molecular weight is 990 g/mol. The van der Waals surface area contributed by atoms with Gasteiger partial charge in [0.25, 0.3) is 0 Å². The predicted molar refractivity (Wildman–Crippen MR) is 319 cm³/mol. The predicted octanol–water partition coefficient (Wildman–Crippen LogP) is 18.4. The summed E-state index contributed by atoms with van der Waals surface area (Å²) in [7, 11) is 4.41. The highest BCUT2D eigenvalue weighted by Gasteiger charge is 2.34. The van der Waals surface area contributed by atoms with Gasteiger partial charge in [-0.2, -0.15) is 0 Å². The molecular formula is C69H58N6O. The van der Waals surface area contributed by atoms with Crippen LogP contribution < -0.4 is 14.5 Å². The van der Waals surface area contributed by atoms with E-state index in [9.17, 15) is 0 Å². The molecule has 1 aliphatic rings. The van der Waals surface area contributed by atoms with Crippen LogP contribution in [0.3, 0.4) is 0 Å². The molecule has 7 heteroatoms. The molecule has 1 aliphatic heterocycles. The summed E-state index contributed by atoms with van der Waals surface area (Å²) in [5.74, 6) is 2.38. The largest absolute Gasteiger partial charge is 0.457 e.